The van der Waals surface area contributed by atoms with Crippen molar-refractivity contribution in [1.82, 2.24) is 0 Å². The molecule has 0 saturated carbocycles. The molecule has 0 saturated heterocycles. The number of aliphatic imine (C=N–C) groups is 1. The van der Waals surface area contributed by atoms with E-state index in [1.165, 1.54) is 6.21 Å². The van der Waals surface area contributed by atoms with E-state index in [0.29, 0.717) is 5.70 Å². The summed E-state index contributed by atoms with van der Waals surface area (Å²) in [5.74, 6) is 0. The van der Waals surface area contributed by atoms with E-state index in [1.54, 1.807) is 25.2 Å². The predicted octanol–water partition coefficient (Wildman–Crippen LogP) is 3.99. The standard InChI is InChI=1S/C20H20N2O/c1-16(23)9-8-14-19(15-21)22-20(17-10-4-2-5-11-17)18-12-6-3-7-13-18/h2-16,21,23H,1H3/b9-8+,19-14+,21-15?. The maximum Gasteiger partial charge on any atom is 0.0812 e. The van der Waals surface area contributed by atoms with E-state index in [-0.39, 0.29) is 0 Å². The van der Waals surface area contributed by atoms with Gasteiger partial charge in [-0.3, -0.25) is 0 Å². The van der Waals surface area contributed by atoms with E-state index in [1.807, 2.05) is 60.7 Å². The van der Waals surface area contributed by atoms with Crippen LogP contribution in [0.2, 0.25) is 0 Å². The Bertz CT molecular complexity index is 672. The second-order valence-electron chi connectivity index (χ2n) is 5.05. The highest BCUT2D eigenvalue weighted by atomic mass is 16.3. The third kappa shape index (κ3) is 5.16. The molecule has 0 aliphatic rings. The minimum absolute atomic E-state index is 0.518. The summed E-state index contributed by atoms with van der Waals surface area (Å²) in [6.07, 6.45) is 5.75. The monoisotopic (exact) mass is 304 g/mol. The fourth-order valence-corrected chi connectivity index (χ4v) is 2.05. The number of hydrogen-bond acceptors (Lipinski definition) is 3. The van der Waals surface area contributed by atoms with Crippen LogP contribution in [0, 0.1) is 5.41 Å². The van der Waals surface area contributed by atoms with Crippen LogP contribution in [0.4, 0.5) is 0 Å². The van der Waals surface area contributed by atoms with E-state index in [9.17, 15) is 5.11 Å². The average Bonchev–Trinajstić information content (AvgIpc) is 2.59. The van der Waals surface area contributed by atoms with Gasteiger partial charge in [0.2, 0.25) is 0 Å². The molecule has 0 aliphatic heterocycles. The fraction of sp³-hybridized carbons (Fsp3) is 0.100. The zero-order valence-corrected chi connectivity index (χ0v) is 13.1. The topological polar surface area (TPSA) is 56.4 Å². The quantitative estimate of drug-likeness (QED) is 0.615. The lowest BCUT2D eigenvalue weighted by molar-refractivity contribution is 0.244. The number of aliphatic hydroxyl groups is 1. The molecule has 2 N–H and O–H groups in total. The van der Waals surface area contributed by atoms with Gasteiger partial charge in [0.25, 0.3) is 0 Å². The van der Waals surface area contributed by atoms with Crippen LogP contribution in [-0.2, 0) is 0 Å². The van der Waals surface area contributed by atoms with Gasteiger partial charge >= 0.3 is 0 Å². The molecule has 0 radical (unpaired) electrons. The third-order valence-corrected chi connectivity index (χ3v) is 3.14. The number of hydrogen-bond donors (Lipinski definition) is 2. The van der Waals surface area contributed by atoms with E-state index < -0.39 is 6.10 Å². The second-order valence-corrected chi connectivity index (χ2v) is 5.05. The van der Waals surface area contributed by atoms with E-state index in [0.717, 1.165) is 16.8 Å². The summed E-state index contributed by atoms with van der Waals surface area (Å²) in [5, 5.41) is 16.8. The maximum absolute atomic E-state index is 9.27. The summed E-state index contributed by atoms with van der Waals surface area (Å²) in [5.41, 5.74) is 3.31. The first kappa shape index (κ1) is 16.6. The molecule has 2 aromatic carbocycles. The summed E-state index contributed by atoms with van der Waals surface area (Å²) in [4.78, 5) is 4.63. The van der Waals surface area contributed by atoms with Gasteiger partial charge in [-0.25, -0.2) is 4.99 Å². The van der Waals surface area contributed by atoms with Gasteiger partial charge in [-0.05, 0) is 13.0 Å². The largest absolute Gasteiger partial charge is 0.389 e. The molecule has 0 fully saturated rings. The van der Waals surface area contributed by atoms with Gasteiger partial charge in [-0.1, -0.05) is 72.8 Å². The summed E-state index contributed by atoms with van der Waals surface area (Å²) in [7, 11) is 0. The number of nitrogens with zero attached hydrogens (tertiary/aromatic N) is 1. The van der Waals surface area contributed by atoms with Crippen molar-refractivity contribution in [2.75, 3.05) is 0 Å². The normalized spacial score (nSPS) is 12.9. The van der Waals surface area contributed by atoms with Gasteiger partial charge in [0.1, 0.15) is 0 Å². The molecule has 3 nitrogen and oxygen atoms in total. The highest BCUT2D eigenvalue weighted by molar-refractivity contribution is 6.14. The lowest BCUT2D eigenvalue weighted by Crippen LogP contribution is -2.04. The van der Waals surface area contributed by atoms with Crippen LogP contribution in [0.15, 0.2) is 89.6 Å². The smallest absolute Gasteiger partial charge is 0.0812 e. The van der Waals surface area contributed by atoms with Crippen LogP contribution in [0.3, 0.4) is 0 Å². The van der Waals surface area contributed by atoms with Gasteiger partial charge in [-0.15, -0.1) is 0 Å². The third-order valence-electron chi connectivity index (χ3n) is 3.14. The first-order chi connectivity index (χ1) is 11.2. The van der Waals surface area contributed by atoms with E-state index >= 15 is 0 Å². The molecule has 0 aromatic heterocycles. The Balaban J connectivity index is 2.46. The molecule has 1 unspecified atom stereocenters. The Morgan fingerprint density at radius 1 is 1.00 bits per heavy atom. The number of allylic oxidation sites excluding steroid dienone is 3. The molecular formula is C20H20N2O. The summed E-state index contributed by atoms with van der Waals surface area (Å²) < 4.78 is 0. The molecule has 2 aromatic rings. The molecule has 0 spiro atoms. The molecule has 0 amide bonds. The molecule has 0 aliphatic carbocycles. The maximum atomic E-state index is 9.27. The zero-order chi connectivity index (χ0) is 16.5. The minimum Gasteiger partial charge on any atom is -0.389 e. The van der Waals surface area contributed by atoms with Gasteiger partial charge in [-0.2, -0.15) is 0 Å². The average molecular weight is 304 g/mol. The number of rotatable bonds is 6. The molecule has 1 atom stereocenters. The van der Waals surface area contributed by atoms with Gasteiger partial charge < -0.3 is 10.5 Å². The Kier molecular flexibility index (Phi) is 6.21. The zero-order valence-electron chi connectivity index (χ0n) is 13.1. The van der Waals surface area contributed by atoms with Crippen LogP contribution >= 0.6 is 0 Å². The van der Waals surface area contributed by atoms with Crippen molar-refractivity contribution < 1.29 is 5.11 Å². The van der Waals surface area contributed by atoms with Crippen molar-refractivity contribution in [3.8, 4) is 0 Å². The van der Waals surface area contributed by atoms with Crippen LogP contribution in [-0.4, -0.2) is 23.1 Å². The molecule has 0 bridgehead atoms. The lowest BCUT2D eigenvalue weighted by Gasteiger charge is -2.07. The van der Waals surface area contributed by atoms with Crippen molar-refractivity contribution in [2.24, 2.45) is 4.99 Å². The second kappa shape index (κ2) is 8.61. The van der Waals surface area contributed by atoms with Crippen molar-refractivity contribution in [1.29, 1.82) is 5.41 Å². The first-order valence-corrected chi connectivity index (χ1v) is 7.47. The van der Waals surface area contributed by atoms with Crippen LogP contribution in [0.25, 0.3) is 0 Å². The molecule has 116 valence electrons. The number of nitrogens with one attached hydrogen (secondary N) is 1. The summed E-state index contributed by atoms with van der Waals surface area (Å²) in [6.45, 7) is 1.68. The molecule has 0 heterocycles. The Labute approximate surface area is 136 Å². The van der Waals surface area contributed by atoms with Gasteiger partial charge in [0.05, 0.1) is 17.5 Å². The highest BCUT2D eigenvalue weighted by Crippen LogP contribution is 2.13. The van der Waals surface area contributed by atoms with Crippen LogP contribution in [0.1, 0.15) is 18.1 Å². The number of aliphatic hydroxyl groups excluding tert-OH is 1. The van der Waals surface area contributed by atoms with Gasteiger partial charge in [0, 0.05) is 17.3 Å². The first-order valence-electron chi connectivity index (χ1n) is 7.47. The van der Waals surface area contributed by atoms with Crippen molar-refractivity contribution in [3.05, 3.63) is 95.7 Å². The van der Waals surface area contributed by atoms with Crippen LogP contribution in [0.5, 0.6) is 0 Å². The highest BCUT2D eigenvalue weighted by Gasteiger charge is 2.06. The molecule has 2 rings (SSSR count). The summed E-state index contributed by atoms with van der Waals surface area (Å²) in [6, 6.07) is 19.8. The van der Waals surface area contributed by atoms with Crippen molar-refractivity contribution in [2.45, 2.75) is 13.0 Å². The summed E-state index contributed by atoms with van der Waals surface area (Å²) >= 11 is 0. The predicted molar refractivity (Wildman–Crippen MR) is 96.2 cm³/mol. The lowest BCUT2D eigenvalue weighted by atomic mass is 10.0. The minimum atomic E-state index is -0.523. The Hall–Kier alpha value is -2.78. The van der Waals surface area contributed by atoms with Crippen LogP contribution < -0.4 is 0 Å². The number of benzene rings is 2. The van der Waals surface area contributed by atoms with Gasteiger partial charge in [0.15, 0.2) is 0 Å². The molecule has 23 heavy (non-hydrogen) atoms. The van der Waals surface area contributed by atoms with E-state index in [2.05, 4.69) is 4.99 Å². The van der Waals surface area contributed by atoms with Crippen molar-refractivity contribution >= 4 is 11.9 Å². The SMILES string of the molecule is CC(O)/C=C/C=C(\C=N)N=C(c1ccccc1)c1ccccc1. The Morgan fingerprint density at radius 2 is 1.52 bits per heavy atom. The fourth-order valence-electron chi connectivity index (χ4n) is 2.05. The van der Waals surface area contributed by atoms with Crippen molar-refractivity contribution in [3.63, 3.8) is 0 Å². The Morgan fingerprint density at radius 3 is 1.96 bits per heavy atom. The molecule has 3 heteroatoms. The molecular weight excluding hydrogens is 284 g/mol. The van der Waals surface area contributed by atoms with E-state index in [4.69, 9.17) is 5.41 Å².